The highest BCUT2D eigenvalue weighted by Gasteiger charge is 2.11. The van der Waals surface area contributed by atoms with Crippen molar-refractivity contribution >= 4 is 27.3 Å². The summed E-state index contributed by atoms with van der Waals surface area (Å²) in [6.45, 7) is 4.21. The second kappa shape index (κ2) is 5.34. The lowest BCUT2D eigenvalue weighted by atomic mass is 10.0. The maximum atomic E-state index is 10.1. The van der Waals surface area contributed by atoms with Gasteiger partial charge in [0.1, 0.15) is 0 Å². The molecule has 0 saturated carbocycles. The molecule has 1 N–H and O–H groups in total. The number of thiophene rings is 1. The fourth-order valence-corrected chi connectivity index (χ4v) is 3.17. The van der Waals surface area contributed by atoms with Crippen LogP contribution in [0.5, 0.6) is 0 Å². The maximum Gasteiger partial charge on any atom is 0.0922 e. The molecule has 0 bridgehead atoms. The minimum absolute atomic E-state index is 0.409. The smallest absolute Gasteiger partial charge is 0.0922 e. The zero-order chi connectivity index (χ0) is 12.4. The summed E-state index contributed by atoms with van der Waals surface area (Å²) >= 11 is 5.00. The standard InChI is InChI=1S/C14H15BrOS/c1-9-3-4-11(7-10(9)2)8-12(16)13-5-6-14(15)17-13/h3-7,12,16H,8H2,1-2H3. The highest BCUT2D eigenvalue weighted by molar-refractivity contribution is 9.11. The highest BCUT2D eigenvalue weighted by atomic mass is 79.9. The van der Waals surface area contributed by atoms with Crippen LogP contribution in [0, 0.1) is 13.8 Å². The van der Waals surface area contributed by atoms with E-state index in [9.17, 15) is 5.11 Å². The Balaban J connectivity index is 2.12. The minimum Gasteiger partial charge on any atom is -0.387 e. The second-order valence-corrected chi connectivity index (χ2v) is 6.78. The number of halogens is 1. The Morgan fingerprint density at radius 3 is 2.53 bits per heavy atom. The summed E-state index contributed by atoms with van der Waals surface area (Å²) in [7, 11) is 0. The predicted molar refractivity (Wildman–Crippen MR) is 76.6 cm³/mol. The molecule has 0 aliphatic heterocycles. The van der Waals surface area contributed by atoms with Crippen LogP contribution < -0.4 is 0 Å². The van der Waals surface area contributed by atoms with Crippen molar-refractivity contribution in [3.63, 3.8) is 0 Å². The first kappa shape index (κ1) is 12.8. The van der Waals surface area contributed by atoms with E-state index in [4.69, 9.17) is 0 Å². The molecule has 90 valence electrons. The topological polar surface area (TPSA) is 20.2 Å². The molecule has 1 atom stereocenters. The average molecular weight is 311 g/mol. The molecule has 0 fully saturated rings. The van der Waals surface area contributed by atoms with E-state index in [0.717, 1.165) is 8.66 Å². The van der Waals surface area contributed by atoms with Crippen molar-refractivity contribution in [2.45, 2.75) is 26.4 Å². The summed E-state index contributed by atoms with van der Waals surface area (Å²) in [6.07, 6.45) is 0.266. The van der Waals surface area contributed by atoms with Crippen LogP contribution in [0.2, 0.25) is 0 Å². The largest absolute Gasteiger partial charge is 0.387 e. The van der Waals surface area contributed by atoms with Gasteiger partial charge in [-0.1, -0.05) is 18.2 Å². The van der Waals surface area contributed by atoms with Gasteiger partial charge in [0.05, 0.1) is 9.89 Å². The van der Waals surface area contributed by atoms with Crippen molar-refractivity contribution in [1.82, 2.24) is 0 Å². The van der Waals surface area contributed by atoms with Crippen LogP contribution in [-0.2, 0) is 6.42 Å². The number of rotatable bonds is 3. The monoisotopic (exact) mass is 310 g/mol. The molecular formula is C14H15BrOS. The molecule has 2 rings (SSSR count). The Bertz CT molecular complexity index is 519. The summed E-state index contributed by atoms with van der Waals surface area (Å²) < 4.78 is 1.06. The van der Waals surface area contributed by atoms with Crippen molar-refractivity contribution in [2.24, 2.45) is 0 Å². The van der Waals surface area contributed by atoms with E-state index >= 15 is 0 Å². The predicted octanol–water partition coefficient (Wildman–Crippen LogP) is 4.40. The van der Waals surface area contributed by atoms with Crippen LogP contribution in [0.1, 0.15) is 27.7 Å². The second-order valence-electron chi connectivity index (χ2n) is 4.28. The Morgan fingerprint density at radius 2 is 1.94 bits per heavy atom. The molecule has 1 heterocycles. The number of hydrogen-bond donors (Lipinski definition) is 1. The number of hydrogen-bond acceptors (Lipinski definition) is 2. The number of aliphatic hydroxyl groups excluding tert-OH is 1. The maximum absolute atomic E-state index is 10.1. The van der Waals surface area contributed by atoms with Crippen LogP contribution in [0.4, 0.5) is 0 Å². The van der Waals surface area contributed by atoms with Gasteiger partial charge in [-0.3, -0.25) is 0 Å². The molecule has 1 nitrogen and oxygen atoms in total. The van der Waals surface area contributed by atoms with Gasteiger partial charge in [0, 0.05) is 11.3 Å². The molecule has 0 radical (unpaired) electrons. The molecule has 0 spiro atoms. The third-order valence-electron chi connectivity index (χ3n) is 2.92. The number of aliphatic hydroxyl groups is 1. The summed E-state index contributed by atoms with van der Waals surface area (Å²) in [5, 5.41) is 10.1. The highest BCUT2D eigenvalue weighted by Crippen LogP contribution is 2.29. The summed E-state index contributed by atoms with van der Waals surface area (Å²) in [4.78, 5) is 1.01. The van der Waals surface area contributed by atoms with Gasteiger partial charge in [0.2, 0.25) is 0 Å². The van der Waals surface area contributed by atoms with Gasteiger partial charge >= 0.3 is 0 Å². The van der Waals surface area contributed by atoms with E-state index in [0.29, 0.717) is 6.42 Å². The molecule has 1 aromatic carbocycles. The molecular weight excluding hydrogens is 296 g/mol. The Morgan fingerprint density at radius 1 is 1.18 bits per heavy atom. The lowest BCUT2D eigenvalue weighted by Crippen LogP contribution is -2.00. The quantitative estimate of drug-likeness (QED) is 0.890. The van der Waals surface area contributed by atoms with Gasteiger partial charge in [-0.25, -0.2) is 0 Å². The van der Waals surface area contributed by atoms with Crippen LogP contribution >= 0.6 is 27.3 Å². The van der Waals surface area contributed by atoms with Gasteiger partial charge in [0.25, 0.3) is 0 Å². The normalized spacial score (nSPS) is 12.7. The third kappa shape index (κ3) is 3.18. The fraction of sp³-hybridized carbons (Fsp3) is 0.286. The summed E-state index contributed by atoms with van der Waals surface area (Å²) in [5.41, 5.74) is 3.76. The molecule has 0 amide bonds. The number of aryl methyl sites for hydroxylation is 2. The van der Waals surface area contributed by atoms with Crippen LogP contribution in [0.25, 0.3) is 0 Å². The third-order valence-corrected chi connectivity index (χ3v) is 4.65. The van der Waals surface area contributed by atoms with Crippen LogP contribution in [0.15, 0.2) is 34.1 Å². The first-order valence-corrected chi connectivity index (χ1v) is 7.16. The van der Waals surface area contributed by atoms with E-state index < -0.39 is 6.10 Å². The Labute approximate surface area is 114 Å². The molecule has 1 unspecified atom stereocenters. The Kier molecular flexibility index (Phi) is 4.02. The molecule has 0 aliphatic carbocycles. The lowest BCUT2D eigenvalue weighted by molar-refractivity contribution is 0.182. The first-order valence-electron chi connectivity index (χ1n) is 5.55. The molecule has 17 heavy (non-hydrogen) atoms. The molecule has 0 saturated heterocycles. The van der Waals surface area contributed by atoms with E-state index in [1.807, 2.05) is 12.1 Å². The first-order chi connectivity index (χ1) is 8.06. The zero-order valence-corrected chi connectivity index (χ0v) is 12.3. The summed E-state index contributed by atoms with van der Waals surface area (Å²) in [6, 6.07) is 10.3. The van der Waals surface area contributed by atoms with Crippen LogP contribution in [-0.4, -0.2) is 5.11 Å². The van der Waals surface area contributed by atoms with Crippen LogP contribution in [0.3, 0.4) is 0 Å². The zero-order valence-electron chi connectivity index (χ0n) is 9.90. The van der Waals surface area contributed by atoms with Crippen molar-refractivity contribution in [2.75, 3.05) is 0 Å². The van der Waals surface area contributed by atoms with Crippen molar-refractivity contribution in [1.29, 1.82) is 0 Å². The van der Waals surface area contributed by atoms with E-state index in [2.05, 4.69) is 48.0 Å². The fourth-order valence-electron chi connectivity index (χ4n) is 1.76. The molecule has 3 heteroatoms. The van der Waals surface area contributed by atoms with E-state index in [-0.39, 0.29) is 0 Å². The Hall–Kier alpha value is -0.640. The van der Waals surface area contributed by atoms with E-state index in [1.165, 1.54) is 16.7 Å². The van der Waals surface area contributed by atoms with Crippen molar-refractivity contribution in [3.05, 3.63) is 55.7 Å². The van der Waals surface area contributed by atoms with Gasteiger partial charge < -0.3 is 5.11 Å². The molecule has 0 aliphatic rings. The van der Waals surface area contributed by atoms with Crippen molar-refractivity contribution in [3.8, 4) is 0 Å². The molecule has 2 aromatic rings. The lowest BCUT2D eigenvalue weighted by Gasteiger charge is -2.10. The van der Waals surface area contributed by atoms with Gasteiger partial charge in [-0.2, -0.15) is 0 Å². The minimum atomic E-state index is -0.409. The van der Waals surface area contributed by atoms with Crippen molar-refractivity contribution < 1.29 is 5.11 Å². The average Bonchev–Trinajstić information content (AvgIpc) is 2.70. The summed E-state index contributed by atoms with van der Waals surface area (Å²) in [5.74, 6) is 0. The van der Waals surface area contributed by atoms with Gasteiger partial charge in [0.15, 0.2) is 0 Å². The van der Waals surface area contributed by atoms with Gasteiger partial charge in [-0.15, -0.1) is 11.3 Å². The van der Waals surface area contributed by atoms with Gasteiger partial charge in [-0.05, 0) is 58.6 Å². The number of benzene rings is 1. The molecule has 1 aromatic heterocycles. The SMILES string of the molecule is Cc1ccc(CC(O)c2ccc(Br)s2)cc1C. The van der Waals surface area contributed by atoms with E-state index in [1.54, 1.807) is 11.3 Å².